The zero-order valence-corrected chi connectivity index (χ0v) is 7.75. The van der Waals surface area contributed by atoms with Gasteiger partial charge in [-0.25, -0.2) is 0 Å². The first kappa shape index (κ1) is 8.05. The first-order valence-corrected chi connectivity index (χ1v) is 4.51. The number of rotatable bonds is 0. The third-order valence-electron chi connectivity index (χ3n) is 2.29. The summed E-state index contributed by atoms with van der Waals surface area (Å²) in [5.41, 5.74) is 1.74. The number of nitrogens with zero attached hydrogens (tertiary/aromatic N) is 3. The number of phenolic OH excluding ortho intramolecular Hbond substituents is 1. The van der Waals surface area contributed by atoms with Crippen molar-refractivity contribution in [3.05, 3.63) is 36.6 Å². The van der Waals surface area contributed by atoms with Gasteiger partial charge in [-0.3, -0.25) is 4.57 Å². The van der Waals surface area contributed by atoms with Crippen LogP contribution in [0, 0.1) is 0 Å². The molecule has 2 heterocycles. The molecule has 0 bridgehead atoms. The molecule has 1 aliphatic heterocycles. The second-order valence-corrected chi connectivity index (χ2v) is 3.24. The van der Waals surface area contributed by atoms with E-state index in [1.165, 1.54) is 0 Å². The van der Waals surface area contributed by atoms with Gasteiger partial charge in [-0.2, -0.15) is 0 Å². The molecular weight excluding hydrogens is 192 g/mol. The molecule has 74 valence electrons. The van der Waals surface area contributed by atoms with Gasteiger partial charge in [-0.15, -0.1) is 10.2 Å². The van der Waals surface area contributed by atoms with Gasteiger partial charge >= 0.3 is 0 Å². The quantitative estimate of drug-likeness (QED) is 0.674. The lowest BCUT2D eigenvalue weighted by molar-refractivity contribution is 0.475. The molecule has 15 heavy (non-hydrogen) atoms. The average molecular weight is 200 g/mol. The molecule has 0 radical (unpaired) electrons. The standard InChI is InChI=1S/C10H8N4O/c15-7-1-2-9-8(5-7)11-4-3-10-13-12-6-14(9)10/h1-6,11,15H. The molecule has 2 aromatic rings. The molecule has 1 aliphatic rings. The third-order valence-corrected chi connectivity index (χ3v) is 2.29. The van der Waals surface area contributed by atoms with Crippen LogP contribution in [0.4, 0.5) is 5.69 Å². The summed E-state index contributed by atoms with van der Waals surface area (Å²) in [6.45, 7) is 0. The minimum absolute atomic E-state index is 0.228. The van der Waals surface area contributed by atoms with Crippen molar-refractivity contribution in [3.63, 3.8) is 0 Å². The van der Waals surface area contributed by atoms with Gasteiger partial charge in [0.2, 0.25) is 0 Å². The van der Waals surface area contributed by atoms with Crippen LogP contribution in [0.25, 0.3) is 11.8 Å². The molecule has 0 fully saturated rings. The zero-order chi connectivity index (χ0) is 10.3. The highest BCUT2D eigenvalue weighted by Gasteiger charge is 2.11. The number of phenols is 1. The van der Waals surface area contributed by atoms with Crippen LogP contribution >= 0.6 is 0 Å². The second kappa shape index (κ2) is 2.84. The van der Waals surface area contributed by atoms with Crippen molar-refractivity contribution < 1.29 is 5.11 Å². The van der Waals surface area contributed by atoms with Gasteiger partial charge in [0.15, 0.2) is 5.82 Å². The van der Waals surface area contributed by atoms with Crippen molar-refractivity contribution in [2.75, 3.05) is 5.32 Å². The summed E-state index contributed by atoms with van der Waals surface area (Å²) < 4.78 is 1.85. The number of hydrogen-bond donors (Lipinski definition) is 2. The van der Waals surface area contributed by atoms with E-state index < -0.39 is 0 Å². The van der Waals surface area contributed by atoms with Crippen LogP contribution in [0.2, 0.25) is 0 Å². The molecular formula is C10H8N4O. The lowest BCUT2D eigenvalue weighted by Gasteiger charge is -2.08. The Labute approximate surface area is 85.7 Å². The molecule has 0 atom stereocenters. The van der Waals surface area contributed by atoms with E-state index in [1.54, 1.807) is 24.7 Å². The molecule has 0 saturated heterocycles. The van der Waals surface area contributed by atoms with Crippen LogP contribution in [0.5, 0.6) is 5.75 Å². The first-order chi connectivity index (χ1) is 7.34. The van der Waals surface area contributed by atoms with E-state index in [4.69, 9.17) is 0 Å². The van der Waals surface area contributed by atoms with E-state index in [1.807, 2.05) is 16.7 Å². The van der Waals surface area contributed by atoms with Crippen molar-refractivity contribution in [2.24, 2.45) is 0 Å². The van der Waals surface area contributed by atoms with Gasteiger partial charge in [0.05, 0.1) is 11.4 Å². The summed E-state index contributed by atoms with van der Waals surface area (Å²) in [5.74, 6) is 0.984. The number of nitrogens with one attached hydrogen (secondary N) is 1. The summed E-state index contributed by atoms with van der Waals surface area (Å²) in [6, 6.07) is 5.11. The first-order valence-electron chi connectivity index (χ1n) is 4.51. The Hall–Kier alpha value is -2.30. The molecule has 1 aromatic carbocycles. The lowest BCUT2D eigenvalue weighted by atomic mass is 10.2. The third kappa shape index (κ3) is 1.17. The van der Waals surface area contributed by atoms with Gasteiger partial charge in [0, 0.05) is 12.3 Å². The molecule has 5 nitrogen and oxygen atoms in total. The van der Waals surface area contributed by atoms with Gasteiger partial charge in [-0.05, 0) is 18.2 Å². The maximum absolute atomic E-state index is 9.37. The van der Waals surface area contributed by atoms with Crippen molar-refractivity contribution in [2.45, 2.75) is 0 Å². The Morgan fingerprint density at radius 2 is 2.27 bits per heavy atom. The molecule has 0 spiro atoms. The van der Waals surface area contributed by atoms with Crippen LogP contribution in [0.1, 0.15) is 5.82 Å². The molecule has 3 rings (SSSR count). The largest absolute Gasteiger partial charge is 0.508 e. The monoisotopic (exact) mass is 200 g/mol. The molecule has 1 aromatic heterocycles. The van der Waals surface area contributed by atoms with Crippen molar-refractivity contribution >= 4 is 11.8 Å². The van der Waals surface area contributed by atoms with Crippen molar-refractivity contribution in [3.8, 4) is 11.4 Å². The van der Waals surface area contributed by atoms with E-state index in [9.17, 15) is 5.11 Å². The Morgan fingerprint density at radius 3 is 3.20 bits per heavy atom. The number of benzene rings is 1. The minimum Gasteiger partial charge on any atom is -0.508 e. The smallest absolute Gasteiger partial charge is 0.162 e. The normalized spacial score (nSPS) is 12.5. The molecule has 2 N–H and O–H groups in total. The molecule has 0 aliphatic carbocycles. The fraction of sp³-hybridized carbons (Fsp3) is 0. The van der Waals surface area contributed by atoms with Crippen LogP contribution in [0.15, 0.2) is 30.7 Å². The summed E-state index contributed by atoms with van der Waals surface area (Å²) in [4.78, 5) is 0. The fourth-order valence-electron chi connectivity index (χ4n) is 1.60. The highest BCUT2D eigenvalue weighted by molar-refractivity contribution is 5.69. The van der Waals surface area contributed by atoms with E-state index in [2.05, 4.69) is 15.5 Å². The summed E-state index contributed by atoms with van der Waals surface area (Å²) in [6.07, 6.45) is 5.23. The van der Waals surface area contributed by atoms with Gasteiger partial charge < -0.3 is 10.4 Å². The summed E-state index contributed by atoms with van der Waals surface area (Å²) >= 11 is 0. The predicted molar refractivity (Wildman–Crippen MR) is 55.7 cm³/mol. The Bertz CT molecular complexity index is 544. The molecule has 0 amide bonds. The second-order valence-electron chi connectivity index (χ2n) is 3.24. The van der Waals surface area contributed by atoms with E-state index in [0.29, 0.717) is 0 Å². The van der Waals surface area contributed by atoms with E-state index in [0.717, 1.165) is 17.2 Å². The van der Waals surface area contributed by atoms with Crippen molar-refractivity contribution in [1.29, 1.82) is 0 Å². The van der Waals surface area contributed by atoms with Crippen LogP contribution < -0.4 is 5.32 Å². The number of fused-ring (bicyclic) bond motifs is 3. The SMILES string of the molecule is Oc1ccc2c(c1)NC=Cc1nncn1-2. The predicted octanol–water partition coefficient (Wildman–Crippen LogP) is 1.37. The molecule has 5 heteroatoms. The Balaban J connectivity index is 2.30. The number of hydrogen-bond acceptors (Lipinski definition) is 4. The van der Waals surface area contributed by atoms with Crippen LogP contribution in [-0.4, -0.2) is 19.9 Å². The highest BCUT2D eigenvalue weighted by atomic mass is 16.3. The number of aromatic nitrogens is 3. The van der Waals surface area contributed by atoms with Crippen molar-refractivity contribution in [1.82, 2.24) is 14.8 Å². The lowest BCUT2D eigenvalue weighted by Crippen LogP contribution is -1.96. The van der Waals surface area contributed by atoms with E-state index in [-0.39, 0.29) is 5.75 Å². The zero-order valence-electron chi connectivity index (χ0n) is 7.75. The average Bonchev–Trinajstić information content (AvgIpc) is 2.61. The molecule has 0 saturated carbocycles. The van der Waals surface area contributed by atoms with Crippen LogP contribution in [-0.2, 0) is 0 Å². The van der Waals surface area contributed by atoms with Gasteiger partial charge in [0.25, 0.3) is 0 Å². The number of anilines is 1. The summed E-state index contributed by atoms with van der Waals surface area (Å²) in [7, 11) is 0. The van der Waals surface area contributed by atoms with E-state index >= 15 is 0 Å². The maximum Gasteiger partial charge on any atom is 0.162 e. The molecule has 0 unspecified atom stereocenters. The topological polar surface area (TPSA) is 63.0 Å². The Kier molecular flexibility index (Phi) is 1.53. The van der Waals surface area contributed by atoms with Crippen LogP contribution in [0.3, 0.4) is 0 Å². The minimum atomic E-state index is 0.228. The Morgan fingerprint density at radius 1 is 1.33 bits per heavy atom. The van der Waals surface area contributed by atoms with Gasteiger partial charge in [-0.1, -0.05) is 0 Å². The summed E-state index contributed by atoms with van der Waals surface area (Å²) in [5, 5.41) is 20.2. The number of aromatic hydroxyl groups is 1. The highest BCUT2D eigenvalue weighted by Crippen LogP contribution is 2.27. The fourth-order valence-corrected chi connectivity index (χ4v) is 1.60. The maximum atomic E-state index is 9.37. The van der Waals surface area contributed by atoms with Gasteiger partial charge in [0.1, 0.15) is 12.1 Å².